The number of aliphatic imine (C=N–C) groups is 1. The van der Waals surface area contributed by atoms with Gasteiger partial charge in [-0.2, -0.15) is 0 Å². The first kappa shape index (κ1) is 22.3. The van der Waals surface area contributed by atoms with Gasteiger partial charge in [-0.15, -0.1) is 24.0 Å². The Balaban J connectivity index is 0.00000484. The minimum absolute atomic E-state index is 0. The van der Waals surface area contributed by atoms with Crippen LogP contribution in [0.2, 0.25) is 5.02 Å². The number of halogens is 2. The number of carbonyl (C=O) groups is 1. The fraction of sp³-hybridized carbons (Fsp3) is 0.467. The lowest BCUT2D eigenvalue weighted by atomic mass is 10.2. The minimum atomic E-state index is -0.522. The monoisotopic (exact) mass is 471 g/mol. The average molecular weight is 472 g/mol. The van der Waals surface area contributed by atoms with Gasteiger partial charge in [-0.25, -0.2) is 9.79 Å². The number of alkyl carbamates (subject to hydrolysis) is 1. The van der Waals surface area contributed by atoms with Crippen LogP contribution in [0.1, 0.15) is 33.3 Å². The maximum Gasteiger partial charge on any atom is 0.407 e. The Labute approximate surface area is 163 Å². The molecule has 1 amide bonds. The number of nitrogens with one attached hydrogen (secondary N) is 1. The molecule has 1 aromatic carbocycles. The van der Waals surface area contributed by atoms with Crippen LogP contribution in [-0.2, 0) is 11.3 Å². The van der Waals surface area contributed by atoms with E-state index in [-0.39, 0.29) is 24.0 Å². The van der Waals surface area contributed by atoms with Gasteiger partial charge in [-0.1, -0.05) is 36.4 Å². The third kappa shape index (κ3) is 9.26. The van der Waals surface area contributed by atoms with E-state index in [2.05, 4.69) is 10.3 Å². The summed E-state index contributed by atoms with van der Waals surface area (Å²) in [6, 6.07) is 5.35. The van der Waals surface area contributed by atoms with Crippen LogP contribution in [0.15, 0.2) is 23.2 Å². The SMILES string of the molecule is CCSC(N)=Nc1cc(CNC(=O)OC(C)(C)C)ccc1Cl.I. The first-order valence-electron chi connectivity index (χ1n) is 6.93. The molecule has 5 nitrogen and oxygen atoms in total. The zero-order chi connectivity index (χ0) is 16.8. The van der Waals surface area contributed by atoms with Gasteiger partial charge in [0.1, 0.15) is 5.60 Å². The van der Waals surface area contributed by atoms with E-state index in [0.717, 1.165) is 11.3 Å². The Morgan fingerprint density at radius 1 is 1.43 bits per heavy atom. The Morgan fingerprint density at radius 2 is 2.09 bits per heavy atom. The maximum absolute atomic E-state index is 11.6. The first-order valence-corrected chi connectivity index (χ1v) is 8.30. The molecule has 0 aliphatic heterocycles. The van der Waals surface area contributed by atoms with E-state index < -0.39 is 11.7 Å². The fourth-order valence-electron chi connectivity index (χ4n) is 1.54. The highest BCUT2D eigenvalue weighted by Crippen LogP contribution is 2.26. The Bertz CT molecular complexity index is 562. The molecule has 0 radical (unpaired) electrons. The minimum Gasteiger partial charge on any atom is -0.444 e. The number of rotatable bonds is 4. The number of nitrogens with zero attached hydrogens (tertiary/aromatic N) is 1. The molecular weight excluding hydrogens is 449 g/mol. The van der Waals surface area contributed by atoms with E-state index in [1.165, 1.54) is 11.8 Å². The predicted molar refractivity (Wildman–Crippen MR) is 109 cm³/mol. The summed E-state index contributed by atoms with van der Waals surface area (Å²) in [4.78, 5) is 15.9. The Morgan fingerprint density at radius 3 is 2.65 bits per heavy atom. The number of ether oxygens (including phenoxy) is 1. The van der Waals surface area contributed by atoms with Crippen LogP contribution in [-0.4, -0.2) is 22.6 Å². The van der Waals surface area contributed by atoms with Crippen molar-refractivity contribution in [3.8, 4) is 0 Å². The predicted octanol–water partition coefficient (Wildman–Crippen LogP) is 4.68. The zero-order valence-corrected chi connectivity index (χ0v) is 17.6. The zero-order valence-electron chi connectivity index (χ0n) is 13.7. The van der Waals surface area contributed by atoms with E-state index in [0.29, 0.717) is 22.4 Å². The van der Waals surface area contributed by atoms with Crippen molar-refractivity contribution in [1.82, 2.24) is 5.32 Å². The highest BCUT2D eigenvalue weighted by Gasteiger charge is 2.15. The molecule has 0 saturated carbocycles. The van der Waals surface area contributed by atoms with Crippen molar-refractivity contribution in [2.24, 2.45) is 10.7 Å². The molecule has 0 fully saturated rings. The second kappa shape index (κ2) is 10.2. The highest BCUT2D eigenvalue weighted by molar-refractivity contribution is 14.0. The Hall–Kier alpha value is -0.670. The smallest absolute Gasteiger partial charge is 0.407 e. The third-order valence-electron chi connectivity index (χ3n) is 2.37. The molecule has 0 spiro atoms. The van der Waals surface area contributed by atoms with Gasteiger partial charge in [0.05, 0.1) is 10.7 Å². The number of amides is 1. The summed E-state index contributed by atoms with van der Waals surface area (Å²) < 4.78 is 5.18. The molecule has 23 heavy (non-hydrogen) atoms. The molecule has 0 aromatic heterocycles. The molecule has 0 bridgehead atoms. The molecule has 1 aromatic rings. The lowest BCUT2D eigenvalue weighted by Gasteiger charge is -2.19. The van der Waals surface area contributed by atoms with Gasteiger partial charge in [0.2, 0.25) is 0 Å². The number of benzene rings is 1. The number of nitrogens with two attached hydrogens (primary N) is 1. The summed E-state index contributed by atoms with van der Waals surface area (Å²) in [5, 5.41) is 3.67. The van der Waals surface area contributed by atoms with Crippen LogP contribution in [0.25, 0.3) is 0 Å². The summed E-state index contributed by atoms with van der Waals surface area (Å²) >= 11 is 7.55. The summed E-state index contributed by atoms with van der Waals surface area (Å²) in [5.41, 5.74) is 6.72. The topological polar surface area (TPSA) is 76.7 Å². The van der Waals surface area contributed by atoms with Gasteiger partial charge in [0.15, 0.2) is 5.17 Å². The first-order chi connectivity index (χ1) is 10.2. The summed E-state index contributed by atoms with van der Waals surface area (Å²) in [7, 11) is 0. The molecule has 0 atom stereocenters. The average Bonchev–Trinajstić information content (AvgIpc) is 2.38. The quantitative estimate of drug-likeness (QED) is 0.380. The van der Waals surface area contributed by atoms with Gasteiger partial charge in [0, 0.05) is 6.54 Å². The van der Waals surface area contributed by atoms with E-state index in [1.807, 2.05) is 33.8 Å². The maximum atomic E-state index is 11.6. The molecule has 130 valence electrons. The van der Waals surface area contributed by atoms with Crippen LogP contribution >= 0.6 is 47.3 Å². The second-order valence-electron chi connectivity index (χ2n) is 5.52. The van der Waals surface area contributed by atoms with E-state index in [1.54, 1.807) is 12.1 Å². The lowest BCUT2D eigenvalue weighted by molar-refractivity contribution is 0.0523. The summed E-state index contributed by atoms with van der Waals surface area (Å²) in [6.07, 6.45) is -0.464. The van der Waals surface area contributed by atoms with Crippen molar-refractivity contribution in [3.63, 3.8) is 0 Å². The van der Waals surface area contributed by atoms with Gasteiger partial charge >= 0.3 is 6.09 Å². The van der Waals surface area contributed by atoms with Crippen LogP contribution in [0.4, 0.5) is 10.5 Å². The van der Waals surface area contributed by atoms with Crippen LogP contribution < -0.4 is 11.1 Å². The number of hydrogen-bond donors (Lipinski definition) is 2. The molecule has 1 rings (SSSR count). The number of hydrogen-bond acceptors (Lipinski definition) is 4. The van der Waals surface area contributed by atoms with Gasteiger partial charge in [-0.3, -0.25) is 0 Å². The van der Waals surface area contributed by atoms with Crippen molar-refractivity contribution in [2.75, 3.05) is 5.75 Å². The molecule has 8 heteroatoms. The number of amidine groups is 1. The molecule has 3 N–H and O–H groups in total. The molecule has 0 heterocycles. The van der Waals surface area contributed by atoms with E-state index in [4.69, 9.17) is 22.1 Å². The molecule has 0 aliphatic carbocycles. The molecule has 0 saturated heterocycles. The summed E-state index contributed by atoms with van der Waals surface area (Å²) in [5.74, 6) is 0.840. The number of thioether (sulfide) groups is 1. The van der Waals surface area contributed by atoms with Gasteiger partial charge in [0.25, 0.3) is 0 Å². The van der Waals surface area contributed by atoms with Crippen molar-refractivity contribution in [2.45, 2.75) is 39.8 Å². The lowest BCUT2D eigenvalue weighted by Crippen LogP contribution is -2.32. The standard InChI is InChI=1S/C15H22ClN3O2S.HI/c1-5-22-13(17)19-12-8-10(6-7-11(12)16)9-18-14(20)21-15(2,3)4;/h6-8H,5,9H2,1-4H3,(H2,17,19)(H,18,20);1H. The van der Waals surface area contributed by atoms with Crippen molar-refractivity contribution in [3.05, 3.63) is 28.8 Å². The number of carbonyl (C=O) groups excluding carboxylic acids is 1. The van der Waals surface area contributed by atoms with Gasteiger partial charge in [-0.05, 0) is 44.2 Å². The second-order valence-corrected chi connectivity index (χ2v) is 7.22. The normalized spacial score (nSPS) is 11.6. The van der Waals surface area contributed by atoms with E-state index in [9.17, 15) is 4.79 Å². The van der Waals surface area contributed by atoms with Crippen LogP contribution in [0.5, 0.6) is 0 Å². The van der Waals surface area contributed by atoms with Crippen LogP contribution in [0.3, 0.4) is 0 Å². The third-order valence-corrected chi connectivity index (χ3v) is 3.36. The fourth-order valence-corrected chi connectivity index (χ4v) is 2.16. The van der Waals surface area contributed by atoms with Crippen molar-refractivity contribution >= 4 is 64.3 Å². The van der Waals surface area contributed by atoms with Crippen molar-refractivity contribution < 1.29 is 9.53 Å². The van der Waals surface area contributed by atoms with E-state index >= 15 is 0 Å². The largest absolute Gasteiger partial charge is 0.444 e. The Kier molecular flexibility index (Phi) is 9.95. The van der Waals surface area contributed by atoms with Crippen molar-refractivity contribution in [1.29, 1.82) is 0 Å². The molecular formula is C15H23ClIN3O2S. The molecule has 0 unspecified atom stereocenters. The summed E-state index contributed by atoms with van der Waals surface area (Å²) in [6.45, 7) is 7.77. The molecule has 0 aliphatic rings. The highest BCUT2D eigenvalue weighted by atomic mass is 127. The van der Waals surface area contributed by atoms with Crippen LogP contribution in [0, 0.1) is 0 Å². The van der Waals surface area contributed by atoms with Gasteiger partial charge < -0.3 is 15.8 Å².